The van der Waals surface area contributed by atoms with Crippen molar-refractivity contribution in [3.8, 4) is 5.75 Å². The zero-order chi connectivity index (χ0) is 18.4. The van der Waals surface area contributed by atoms with Crippen molar-refractivity contribution in [1.82, 2.24) is 14.9 Å². The maximum absolute atomic E-state index is 12.5. The third kappa shape index (κ3) is 4.50. The smallest absolute Gasteiger partial charge is 0.274 e. The summed E-state index contributed by atoms with van der Waals surface area (Å²) in [7, 11) is 1.68. The number of ether oxygens (including phenoxy) is 1. The van der Waals surface area contributed by atoms with Crippen LogP contribution in [0.2, 0.25) is 0 Å². The number of benzene rings is 1. The maximum Gasteiger partial charge on any atom is 0.274 e. The Kier molecular flexibility index (Phi) is 6.04. The number of rotatable bonds is 6. The first kappa shape index (κ1) is 18.2. The summed E-state index contributed by atoms with van der Waals surface area (Å²) in [5.41, 5.74) is 1.55. The molecule has 0 unspecified atom stereocenters. The van der Waals surface area contributed by atoms with Gasteiger partial charge in [-0.1, -0.05) is 25.1 Å². The largest absolute Gasteiger partial charge is 0.496 e. The van der Waals surface area contributed by atoms with Gasteiger partial charge in [-0.05, 0) is 36.8 Å². The van der Waals surface area contributed by atoms with Crippen LogP contribution >= 0.6 is 0 Å². The van der Waals surface area contributed by atoms with E-state index in [2.05, 4.69) is 22.2 Å². The molecule has 1 saturated heterocycles. The van der Waals surface area contributed by atoms with Gasteiger partial charge in [-0.15, -0.1) is 0 Å². The zero-order valence-electron chi connectivity index (χ0n) is 15.4. The molecule has 26 heavy (non-hydrogen) atoms. The van der Waals surface area contributed by atoms with Gasteiger partial charge in [0.05, 0.1) is 19.5 Å². The number of para-hydroxylation sites is 1. The van der Waals surface area contributed by atoms with Gasteiger partial charge >= 0.3 is 0 Å². The van der Waals surface area contributed by atoms with Crippen LogP contribution in [0.4, 0.5) is 5.82 Å². The normalized spacial score (nSPS) is 14.9. The molecule has 1 aromatic carbocycles. The first-order valence-electron chi connectivity index (χ1n) is 9.14. The Morgan fingerprint density at radius 2 is 2.00 bits per heavy atom. The molecule has 0 radical (unpaired) electrons. The minimum atomic E-state index is -0.0232. The number of nitrogens with zero attached hydrogens (tertiary/aromatic N) is 3. The van der Waals surface area contributed by atoms with Crippen LogP contribution in [0.5, 0.6) is 5.75 Å². The lowest BCUT2D eigenvalue weighted by molar-refractivity contribution is 0.0691. The van der Waals surface area contributed by atoms with E-state index < -0.39 is 0 Å². The number of amides is 1. The van der Waals surface area contributed by atoms with E-state index >= 15 is 0 Å². The average molecular weight is 354 g/mol. The number of carbonyl (C=O) groups excluding carboxylic acids is 1. The van der Waals surface area contributed by atoms with E-state index in [0.29, 0.717) is 24.0 Å². The molecule has 0 saturated carbocycles. The van der Waals surface area contributed by atoms with Crippen LogP contribution in [0.3, 0.4) is 0 Å². The number of piperidine rings is 1. The fourth-order valence-electron chi connectivity index (χ4n) is 3.14. The molecule has 0 atom stereocenters. The van der Waals surface area contributed by atoms with Gasteiger partial charge in [0.25, 0.3) is 5.91 Å². The number of nitrogens with one attached hydrogen (secondary N) is 1. The lowest BCUT2D eigenvalue weighted by Crippen LogP contribution is -2.38. The van der Waals surface area contributed by atoms with E-state index in [-0.39, 0.29) is 5.91 Å². The molecule has 1 aliphatic rings. The molecule has 1 aromatic heterocycles. The molecular formula is C20H26N4O2. The van der Waals surface area contributed by atoms with Crippen LogP contribution in [0, 0.1) is 5.92 Å². The Morgan fingerprint density at radius 1 is 1.23 bits per heavy atom. The molecular weight excluding hydrogens is 328 g/mol. The first-order chi connectivity index (χ1) is 12.7. The van der Waals surface area contributed by atoms with Crippen LogP contribution in [0.1, 0.15) is 35.8 Å². The van der Waals surface area contributed by atoms with Gasteiger partial charge in [0.1, 0.15) is 17.3 Å². The van der Waals surface area contributed by atoms with Gasteiger partial charge in [0.2, 0.25) is 0 Å². The topological polar surface area (TPSA) is 67.3 Å². The van der Waals surface area contributed by atoms with Crippen LogP contribution < -0.4 is 10.1 Å². The van der Waals surface area contributed by atoms with E-state index in [4.69, 9.17) is 4.74 Å². The Hall–Kier alpha value is -2.63. The van der Waals surface area contributed by atoms with Crippen molar-refractivity contribution in [2.45, 2.75) is 26.2 Å². The summed E-state index contributed by atoms with van der Waals surface area (Å²) in [6.45, 7) is 4.56. The van der Waals surface area contributed by atoms with E-state index in [9.17, 15) is 4.79 Å². The molecule has 1 N–H and O–H groups in total. The van der Waals surface area contributed by atoms with Crippen molar-refractivity contribution in [2.75, 3.05) is 32.1 Å². The summed E-state index contributed by atoms with van der Waals surface area (Å²) >= 11 is 0. The molecule has 0 aliphatic carbocycles. The van der Waals surface area contributed by atoms with Gasteiger partial charge in [-0.25, -0.2) is 9.97 Å². The number of hydrogen-bond acceptors (Lipinski definition) is 5. The van der Waals surface area contributed by atoms with Gasteiger partial charge in [-0.3, -0.25) is 4.79 Å². The molecule has 1 amide bonds. The summed E-state index contributed by atoms with van der Waals surface area (Å²) in [6, 6.07) is 7.96. The summed E-state index contributed by atoms with van der Waals surface area (Å²) in [6.07, 6.45) is 6.12. The fraction of sp³-hybridized carbons (Fsp3) is 0.450. The number of aromatic nitrogens is 2. The highest BCUT2D eigenvalue weighted by Gasteiger charge is 2.22. The number of carbonyl (C=O) groups is 1. The lowest BCUT2D eigenvalue weighted by Gasteiger charge is -2.29. The summed E-state index contributed by atoms with van der Waals surface area (Å²) in [4.78, 5) is 23.0. The Bertz CT molecular complexity index is 725. The average Bonchev–Trinajstić information content (AvgIpc) is 2.69. The Balaban J connectivity index is 1.52. The molecule has 2 heterocycles. The SMILES string of the molecule is COc1ccccc1CCNc1cnc(C(=O)N2CCC(C)CC2)cn1. The number of hydrogen-bond donors (Lipinski definition) is 1. The summed E-state index contributed by atoms with van der Waals surface area (Å²) in [5.74, 6) is 2.23. The van der Waals surface area contributed by atoms with Crippen molar-refractivity contribution in [1.29, 1.82) is 0 Å². The quantitative estimate of drug-likeness (QED) is 0.864. The predicted molar refractivity (Wildman–Crippen MR) is 102 cm³/mol. The Morgan fingerprint density at radius 3 is 2.69 bits per heavy atom. The van der Waals surface area contributed by atoms with Crippen molar-refractivity contribution >= 4 is 11.7 Å². The van der Waals surface area contributed by atoms with Crippen molar-refractivity contribution in [3.63, 3.8) is 0 Å². The highest BCUT2D eigenvalue weighted by atomic mass is 16.5. The lowest BCUT2D eigenvalue weighted by atomic mass is 9.99. The van der Waals surface area contributed by atoms with E-state index in [0.717, 1.165) is 43.7 Å². The van der Waals surface area contributed by atoms with Gasteiger partial charge in [-0.2, -0.15) is 0 Å². The standard InChI is InChI=1S/C20H26N4O2/c1-15-8-11-24(12-9-15)20(25)17-13-23-19(14-22-17)21-10-7-16-5-3-4-6-18(16)26-2/h3-6,13-15H,7-12H2,1-2H3,(H,21,23). The molecule has 6 nitrogen and oxygen atoms in total. The summed E-state index contributed by atoms with van der Waals surface area (Å²) in [5, 5.41) is 3.24. The molecule has 6 heteroatoms. The number of methoxy groups -OCH3 is 1. The predicted octanol–water partition coefficient (Wildman–Crippen LogP) is 3.01. The van der Waals surface area contributed by atoms with Gasteiger partial charge in [0, 0.05) is 19.6 Å². The molecule has 1 aliphatic heterocycles. The minimum Gasteiger partial charge on any atom is -0.496 e. The minimum absolute atomic E-state index is 0.0232. The molecule has 0 bridgehead atoms. The third-order valence-electron chi connectivity index (χ3n) is 4.83. The second-order valence-electron chi connectivity index (χ2n) is 6.75. The van der Waals surface area contributed by atoms with Crippen molar-refractivity contribution < 1.29 is 9.53 Å². The second kappa shape index (κ2) is 8.65. The maximum atomic E-state index is 12.5. The molecule has 1 fully saturated rings. The highest BCUT2D eigenvalue weighted by Crippen LogP contribution is 2.19. The van der Waals surface area contributed by atoms with Gasteiger partial charge < -0.3 is 15.0 Å². The fourth-order valence-corrected chi connectivity index (χ4v) is 3.14. The zero-order valence-corrected chi connectivity index (χ0v) is 15.4. The van der Waals surface area contributed by atoms with Crippen LogP contribution in [0.15, 0.2) is 36.7 Å². The van der Waals surface area contributed by atoms with Crippen LogP contribution in [-0.2, 0) is 6.42 Å². The van der Waals surface area contributed by atoms with Crippen LogP contribution in [-0.4, -0.2) is 47.5 Å². The molecule has 3 rings (SSSR count). The van der Waals surface area contributed by atoms with E-state index in [1.165, 1.54) is 0 Å². The Labute approximate surface area is 154 Å². The van der Waals surface area contributed by atoms with Crippen molar-refractivity contribution in [3.05, 3.63) is 47.9 Å². The van der Waals surface area contributed by atoms with E-state index in [1.807, 2.05) is 29.2 Å². The molecule has 2 aromatic rings. The first-order valence-corrected chi connectivity index (χ1v) is 9.14. The third-order valence-corrected chi connectivity index (χ3v) is 4.83. The van der Waals surface area contributed by atoms with Gasteiger partial charge in [0.15, 0.2) is 0 Å². The second-order valence-corrected chi connectivity index (χ2v) is 6.75. The monoisotopic (exact) mass is 354 g/mol. The summed E-state index contributed by atoms with van der Waals surface area (Å²) < 4.78 is 5.36. The number of anilines is 1. The van der Waals surface area contributed by atoms with Crippen molar-refractivity contribution in [2.24, 2.45) is 5.92 Å². The molecule has 138 valence electrons. The number of likely N-dealkylation sites (tertiary alicyclic amines) is 1. The van der Waals surface area contributed by atoms with E-state index in [1.54, 1.807) is 19.5 Å². The van der Waals surface area contributed by atoms with Crippen LogP contribution in [0.25, 0.3) is 0 Å². The highest BCUT2D eigenvalue weighted by molar-refractivity contribution is 5.92. The molecule has 0 spiro atoms.